The summed E-state index contributed by atoms with van der Waals surface area (Å²) in [5, 5.41) is 3.66. The molecule has 1 aromatic carbocycles. The Kier molecular flexibility index (Phi) is 7.16. The fourth-order valence-electron chi connectivity index (χ4n) is 2.07. The van der Waals surface area contributed by atoms with Gasteiger partial charge in [0.15, 0.2) is 5.78 Å². The summed E-state index contributed by atoms with van der Waals surface area (Å²) in [6.45, 7) is 7.46. The Balaban J connectivity index is 0.00000116. The second kappa shape index (κ2) is 8.87. The van der Waals surface area contributed by atoms with Gasteiger partial charge in [-0.1, -0.05) is 32.0 Å². The molecule has 5 heteroatoms. The number of rotatable bonds is 5. The average molecular weight is 304 g/mol. The van der Waals surface area contributed by atoms with Gasteiger partial charge in [-0.15, -0.1) is 0 Å². The van der Waals surface area contributed by atoms with Crippen molar-refractivity contribution in [3.05, 3.63) is 36.0 Å². The number of Topliss-reactive ketones (excluding diaryl/α,β-unsaturated/α-hetero) is 1. The Labute approximate surface area is 131 Å². The van der Waals surface area contributed by atoms with Gasteiger partial charge < -0.3 is 15.0 Å². The van der Waals surface area contributed by atoms with Gasteiger partial charge >= 0.3 is 6.09 Å². The van der Waals surface area contributed by atoms with Crippen LogP contribution in [0, 0.1) is 0 Å². The van der Waals surface area contributed by atoms with Crippen molar-refractivity contribution in [2.24, 2.45) is 0 Å². The minimum atomic E-state index is -0.581. The van der Waals surface area contributed by atoms with Gasteiger partial charge in [-0.3, -0.25) is 4.79 Å². The normalized spacial score (nSPS) is 11.3. The SMILES string of the molecule is CC.CCOC(=O)NC(Cc1cc2ccccc2[nH]1)C(C)=O. The van der Waals surface area contributed by atoms with E-state index < -0.39 is 12.1 Å². The number of aromatic nitrogens is 1. The van der Waals surface area contributed by atoms with E-state index in [0.29, 0.717) is 6.42 Å². The van der Waals surface area contributed by atoms with E-state index in [4.69, 9.17) is 4.74 Å². The van der Waals surface area contributed by atoms with Gasteiger partial charge in [-0.25, -0.2) is 4.79 Å². The lowest BCUT2D eigenvalue weighted by Crippen LogP contribution is -2.41. The summed E-state index contributed by atoms with van der Waals surface area (Å²) < 4.78 is 4.81. The third-order valence-electron chi connectivity index (χ3n) is 3.07. The molecule has 0 aliphatic heterocycles. The van der Waals surface area contributed by atoms with Gasteiger partial charge in [0.25, 0.3) is 0 Å². The lowest BCUT2D eigenvalue weighted by atomic mass is 10.1. The first-order valence-electron chi connectivity index (χ1n) is 7.60. The quantitative estimate of drug-likeness (QED) is 0.889. The minimum absolute atomic E-state index is 0.100. The number of fused-ring (bicyclic) bond motifs is 1. The van der Waals surface area contributed by atoms with E-state index >= 15 is 0 Å². The third-order valence-corrected chi connectivity index (χ3v) is 3.07. The van der Waals surface area contributed by atoms with Crippen LogP contribution in [-0.4, -0.2) is 29.5 Å². The molecule has 5 nitrogen and oxygen atoms in total. The number of H-pyrrole nitrogens is 1. The first kappa shape index (κ1) is 17.8. The molecule has 1 aromatic heterocycles. The topological polar surface area (TPSA) is 71.2 Å². The van der Waals surface area contributed by atoms with Crippen molar-refractivity contribution in [2.75, 3.05) is 6.61 Å². The number of carbonyl (C=O) groups is 2. The van der Waals surface area contributed by atoms with Crippen LogP contribution in [0.15, 0.2) is 30.3 Å². The molecule has 120 valence electrons. The first-order chi connectivity index (χ1) is 10.6. The summed E-state index contributed by atoms with van der Waals surface area (Å²) in [5.41, 5.74) is 1.92. The zero-order valence-electron chi connectivity index (χ0n) is 13.6. The number of hydrogen-bond donors (Lipinski definition) is 2. The maximum absolute atomic E-state index is 11.6. The number of para-hydroxylation sites is 1. The molecule has 0 spiro atoms. The molecule has 1 atom stereocenters. The molecule has 2 N–H and O–H groups in total. The van der Waals surface area contributed by atoms with Crippen molar-refractivity contribution < 1.29 is 14.3 Å². The van der Waals surface area contributed by atoms with Crippen molar-refractivity contribution in [3.63, 3.8) is 0 Å². The molecule has 2 aromatic rings. The number of benzene rings is 1. The standard InChI is InChI=1S/C15H18N2O3.C2H6/c1-3-20-15(19)17-14(10(2)18)9-12-8-11-6-4-5-7-13(11)16-12;1-2/h4-8,14,16H,3,9H2,1-2H3,(H,17,19);1-2H3. The first-order valence-corrected chi connectivity index (χ1v) is 7.60. The minimum Gasteiger partial charge on any atom is -0.450 e. The van der Waals surface area contributed by atoms with Crippen LogP contribution in [0.1, 0.15) is 33.4 Å². The van der Waals surface area contributed by atoms with E-state index in [2.05, 4.69) is 10.3 Å². The second-order valence-corrected chi connectivity index (χ2v) is 4.61. The Morgan fingerprint density at radius 2 is 1.95 bits per heavy atom. The van der Waals surface area contributed by atoms with Crippen molar-refractivity contribution in [1.82, 2.24) is 10.3 Å². The molecule has 1 amide bonds. The van der Waals surface area contributed by atoms with Gasteiger partial charge in [-0.05, 0) is 31.4 Å². The van der Waals surface area contributed by atoms with Crippen LogP contribution in [0.3, 0.4) is 0 Å². The van der Waals surface area contributed by atoms with Crippen LogP contribution in [-0.2, 0) is 16.0 Å². The van der Waals surface area contributed by atoms with Crippen molar-refractivity contribution in [2.45, 2.75) is 40.2 Å². The number of alkyl carbamates (subject to hydrolysis) is 1. The zero-order chi connectivity index (χ0) is 16.5. The van der Waals surface area contributed by atoms with E-state index in [1.807, 2.05) is 44.2 Å². The number of carbonyl (C=O) groups excluding carboxylic acids is 2. The van der Waals surface area contributed by atoms with Crippen LogP contribution in [0.2, 0.25) is 0 Å². The molecule has 1 unspecified atom stereocenters. The van der Waals surface area contributed by atoms with Crippen LogP contribution in [0.25, 0.3) is 10.9 Å². The molecular formula is C17H24N2O3. The van der Waals surface area contributed by atoms with Gasteiger partial charge in [0.05, 0.1) is 12.6 Å². The summed E-state index contributed by atoms with van der Waals surface area (Å²) in [6.07, 6.45) is -0.146. The van der Waals surface area contributed by atoms with E-state index in [1.165, 1.54) is 6.92 Å². The molecule has 0 aliphatic carbocycles. The van der Waals surface area contributed by atoms with Crippen LogP contribution >= 0.6 is 0 Å². The van der Waals surface area contributed by atoms with E-state index in [0.717, 1.165) is 16.6 Å². The lowest BCUT2D eigenvalue weighted by Gasteiger charge is -2.14. The number of nitrogens with one attached hydrogen (secondary N) is 2. The highest BCUT2D eigenvalue weighted by Gasteiger charge is 2.19. The largest absolute Gasteiger partial charge is 0.450 e. The highest BCUT2D eigenvalue weighted by atomic mass is 16.5. The molecule has 0 saturated carbocycles. The Morgan fingerprint density at radius 3 is 2.55 bits per heavy atom. The number of hydrogen-bond acceptors (Lipinski definition) is 3. The highest BCUT2D eigenvalue weighted by Crippen LogP contribution is 2.16. The number of ketones is 1. The van der Waals surface area contributed by atoms with Gasteiger partial charge in [0.1, 0.15) is 0 Å². The van der Waals surface area contributed by atoms with Crippen LogP contribution in [0.5, 0.6) is 0 Å². The molecule has 2 rings (SSSR count). The molecular weight excluding hydrogens is 280 g/mol. The Morgan fingerprint density at radius 1 is 1.27 bits per heavy atom. The fourth-order valence-corrected chi connectivity index (χ4v) is 2.07. The lowest BCUT2D eigenvalue weighted by molar-refractivity contribution is -0.118. The molecule has 0 radical (unpaired) electrons. The summed E-state index contributed by atoms with van der Waals surface area (Å²) >= 11 is 0. The summed E-state index contributed by atoms with van der Waals surface area (Å²) in [4.78, 5) is 26.3. The Hall–Kier alpha value is -2.30. The smallest absolute Gasteiger partial charge is 0.407 e. The van der Waals surface area contributed by atoms with Crippen molar-refractivity contribution >= 4 is 22.8 Å². The van der Waals surface area contributed by atoms with Crippen molar-refractivity contribution in [1.29, 1.82) is 0 Å². The number of amides is 1. The highest BCUT2D eigenvalue weighted by molar-refractivity contribution is 5.86. The second-order valence-electron chi connectivity index (χ2n) is 4.61. The predicted octanol–water partition coefficient (Wildman–Crippen LogP) is 3.44. The summed E-state index contributed by atoms with van der Waals surface area (Å²) in [7, 11) is 0. The molecule has 0 fully saturated rings. The van der Waals surface area contributed by atoms with Gasteiger partial charge in [0, 0.05) is 17.6 Å². The molecule has 0 bridgehead atoms. The molecule has 0 saturated heterocycles. The maximum Gasteiger partial charge on any atom is 0.407 e. The summed E-state index contributed by atoms with van der Waals surface area (Å²) in [6, 6.07) is 9.28. The maximum atomic E-state index is 11.6. The van der Waals surface area contributed by atoms with Crippen molar-refractivity contribution in [3.8, 4) is 0 Å². The van der Waals surface area contributed by atoms with Gasteiger partial charge in [-0.2, -0.15) is 0 Å². The van der Waals surface area contributed by atoms with E-state index in [-0.39, 0.29) is 12.4 Å². The molecule has 0 aliphatic rings. The molecule has 22 heavy (non-hydrogen) atoms. The number of aromatic amines is 1. The van der Waals surface area contributed by atoms with Gasteiger partial charge in [0.2, 0.25) is 0 Å². The van der Waals surface area contributed by atoms with Crippen LogP contribution < -0.4 is 5.32 Å². The molecule has 1 heterocycles. The number of ether oxygens (including phenoxy) is 1. The van der Waals surface area contributed by atoms with E-state index in [9.17, 15) is 9.59 Å². The monoisotopic (exact) mass is 304 g/mol. The third kappa shape index (κ3) is 4.91. The average Bonchev–Trinajstić information content (AvgIpc) is 2.91. The summed E-state index contributed by atoms with van der Waals surface area (Å²) in [5.74, 6) is -0.100. The fraction of sp³-hybridized carbons (Fsp3) is 0.412. The van der Waals surface area contributed by atoms with Crippen LogP contribution in [0.4, 0.5) is 4.79 Å². The zero-order valence-corrected chi connectivity index (χ0v) is 13.6. The predicted molar refractivity (Wildman–Crippen MR) is 88.0 cm³/mol. The Bertz CT molecular complexity index is 586. The van der Waals surface area contributed by atoms with E-state index in [1.54, 1.807) is 6.92 Å².